The minimum Gasteiger partial charge on any atom is -0.486 e. The maximum Gasteiger partial charge on any atom is 0.408 e. The highest BCUT2D eigenvalue weighted by atomic mass is 19.1. The van der Waals surface area contributed by atoms with E-state index in [0.717, 1.165) is 0 Å². The van der Waals surface area contributed by atoms with E-state index in [1.165, 1.54) is 6.07 Å². The van der Waals surface area contributed by atoms with Gasteiger partial charge in [-0.15, -0.1) is 0 Å². The number of imidazole rings is 1. The summed E-state index contributed by atoms with van der Waals surface area (Å²) in [4.78, 5) is 16.6. The maximum atomic E-state index is 14.0. The number of alkyl carbamates (subject to hydrolysis) is 1. The van der Waals surface area contributed by atoms with Gasteiger partial charge >= 0.3 is 6.09 Å². The van der Waals surface area contributed by atoms with E-state index in [1.807, 2.05) is 18.4 Å². The summed E-state index contributed by atoms with van der Waals surface area (Å²) in [6, 6.07) is 2.57. The van der Waals surface area contributed by atoms with Crippen molar-refractivity contribution >= 4 is 17.1 Å². The first kappa shape index (κ1) is 16.5. The fourth-order valence-electron chi connectivity index (χ4n) is 2.87. The first-order valence-corrected chi connectivity index (χ1v) is 8.00. The SMILES string of the molecule is C[C@H](NC(=O)OC(C)(C)C)c1nc2ccc(F)c3c2n1[C@H](C)CO3. The van der Waals surface area contributed by atoms with Gasteiger partial charge in [-0.3, -0.25) is 0 Å². The van der Waals surface area contributed by atoms with Gasteiger partial charge in [-0.1, -0.05) is 0 Å². The molecule has 0 spiro atoms. The molecule has 7 heteroatoms. The molecule has 0 bridgehead atoms. The second-order valence-corrected chi connectivity index (χ2v) is 7.11. The van der Waals surface area contributed by atoms with Crippen molar-refractivity contribution in [2.75, 3.05) is 6.61 Å². The zero-order chi connectivity index (χ0) is 17.6. The van der Waals surface area contributed by atoms with Crippen LogP contribution in [0.1, 0.15) is 52.5 Å². The molecule has 2 heterocycles. The van der Waals surface area contributed by atoms with E-state index < -0.39 is 17.5 Å². The zero-order valence-electron chi connectivity index (χ0n) is 14.5. The Bertz CT molecular complexity index is 794. The number of benzene rings is 1. The lowest BCUT2D eigenvalue weighted by molar-refractivity contribution is 0.0504. The third kappa shape index (κ3) is 2.90. The van der Waals surface area contributed by atoms with Crippen molar-refractivity contribution in [3.05, 3.63) is 23.8 Å². The molecule has 6 nitrogen and oxygen atoms in total. The van der Waals surface area contributed by atoms with Crippen molar-refractivity contribution in [1.29, 1.82) is 0 Å². The molecule has 0 radical (unpaired) electrons. The van der Waals surface area contributed by atoms with E-state index in [2.05, 4.69) is 10.3 Å². The Kier molecular flexibility index (Phi) is 3.89. The van der Waals surface area contributed by atoms with Crippen LogP contribution in [-0.2, 0) is 4.74 Å². The van der Waals surface area contributed by atoms with Gasteiger partial charge in [0.15, 0.2) is 11.6 Å². The van der Waals surface area contributed by atoms with Gasteiger partial charge in [0.05, 0.1) is 17.6 Å². The summed E-state index contributed by atoms with van der Waals surface area (Å²) in [5.41, 5.74) is 0.694. The number of hydrogen-bond acceptors (Lipinski definition) is 4. The van der Waals surface area contributed by atoms with Crippen molar-refractivity contribution < 1.29 is 18.7 Å². The molecule has 1 aliphatic rings. The molecular weight excluding hydrogens is 313 g/mol. The maximum absolute atomic E-state index is 14.0. The fraction of sp³-hybridized carbons (Fsp3) is 0.529. The Balaban J connectivity index is 1.97. The third-order valence-electron chi connectivity index (χ3n) is 3.82. The highest BCUT2D eigenvalue weighted by Gasteiger charge is 2.29. The number of carbonyl (C=O) groups excluding carboxylic acids is 1. The summed E-state index contributed by atoms with van der Waals surface area (Å²) in [5.74, 6) is 0.460. The molecule has 0 saturated carbocycles. The quantitative estimate of drug-likeness (QED) is 0.908. The molecule has 0 aliphatic carbocycles. The van der Waals surface area contributed by atoms with Crippen LogP contribution in [0.5, 0.6) is 5.75 Å². The molecule has 1 aromatic heterocycles. The summed E-state index contributed by atoms with van der Waals surface area (Å²) < 4.78 is 26.8. The van der Waals surface area contributed by atoms with Crippen LogP contribution in [0.4, 0.5) is 9.18 Å². The van der Waals surface area contributed by atoms with Crippen molar-refractivity contribution in [2.45, 2.75) is 52.3 Å². The zero-order valence-corrected chi connectivity index (χ0v) is 14.5. The van der Waals surface area contributed by atoms with Crippen LogP contribution in [-0.4, -0.2) is 27.9 Å². The van der Waals surface area contributed by atoms with Crippen LogP contribution in [0.15, 0.2) is 12.1 Å². The molecule has 2 aromatic rings. The van der Waals surface area contributed by atoms with Gasteiger partial charge in [0.25, 0.3) is 0 Å². The Hall–Kier alpha value is -2.31. The highest BCUT2D eigenvalue weighted by molar-refractivity contribution is 5.84. The minimum atomic E-state index is -0.577. The van der Waals surface area contributed by atoms with Crippen LogP contribution in [0.2, 0.25) is 0 Å². The molecule has 1 aliphatic heterocycles. The largest absolute Gasteiger partial charge is 0.486 e. The number of ether oxygens (including phenoxy) is 2. The standard InChI is InChI=1S/C17H22FN3O3/c1-9-8-23-14-11(18)6-7-12-13(14)21(9)15(20-12)10(2)19-16(22)24-17(3,4)5/h6-7,9-10H,8H2,1-5H3,(H,19,22)/t9-,10+/m1/s1. The van der Waals surface area contributed by atoms with Gasteiger partial charge in [-0.2, -0.15) is 0 Å². The van der Waals surface area contributed by atoms with Crippen LogP contribution < -0.4 is 10.1 Å². The van der Waals surface area contributed by atoms with Gasteiger partial charge in [0.2, 0.25) is 0 Å². The smallest absolute Gasteiger partial charge is 0.408 e. The predicted molar refractivity (Wildman–Crippen MR) is 87.7 cm³/mol. The first-order chi connectivity index (χ1) is 11.2. The summed E-state index contributed by atoms with van der Waals surface area (Å²) in [7, 11) is 0. The summed E-state index contributed by atoms with van der Waals surface area (Å²) >= 11 is 0. The van der Waals surface area contributed by atoms with Crippen molar-refractivity contribution in [1.82, 2.24) is 14.9 Å². The van der Waals surface area contributed by atoms with E-state index >= 15 is 0 Å². The van der Waals surface area contributed by atoms with Gasteiger partial charge in [0, 0.05) is 0 Å². The van der Waals surface area contributed by atoms with E-state index in [4.69, 9.17) is 9.47 Å². The molecule has 0 unspecified atom stereocenters. The topological polar surface area (TPSA) is 65.4 Å². The number of rotatable bonds is 2. The van der Waals surface area contributed by atoms with Crippen LogP contribution >= 0.6 is 0 Å². The van der Waals surface area contributed by atoms with E-state index in [-0.39, 0.29) is 17.8 Å². The lowest BCUT2D eigenvalue weighted by Crippen LogP contribution is -2.35. The average Bonchev–Trinajstić information content (AvgIpc) is 2.84. The van der Waals surface area contributed by atoms with Gasteiger partial charge in [-0.05, 0) is 46.8 Å². The molecule has 1 aromatic carbocycles. The summed E-state index contributed by atoms with van der Waals surface area (Å²) in [6.07, 6.45) is -0.513. The highest BCUT2D eigenvalue weighted by Crippen LogP contribution is 2.37. The second-order valence-electron chi connectivity index (χ2n) is 7.11. The number of nitrogens with zero attached hydrogens (tertiary/aromatic N) is 2. The molecule has 1 amide bonds. The van der Waals surface area contributed by atoms with E-state index in [9.17, 15) is 9.18 Å². The van der Waals surface area contributed by atoms with Crippen LogP contribution in [0.25, 0.3) is 11.0 Å². The lowest BCUT2D eigenvalue weighted by Gasteiger charge is -2.27. The predicted octanol–water partition coefficient (Wildman–Crippen LogP) is 3.71. The monoisotopic (exact) mass is 335 g/mol. The number of carbonyl (C=O) groups is 1. The van der Waals surface area contributed by atoms with Gasteiger partial charge in [0.1, 0.15) is 23.5 Å². The number of nitrogens with one attached hydrogen (secondary N) is 1. The van der Waals surface area contributed by atoms with Crippen molar-refractivity contribution in [3.63, 3.8) is 0 Å². The normalized spacial score (nSPS) is 18.2. The minimum absolute atomic E-state index is 0.0119. The Morgan fingerprint density at radius 1 is 1.50 bits per heavy atom. The fourth-order valence-corrected chi connectivity index (χ4v) is 2.87. The molecule has 24 heavy (non-hydrogen) atoms. The summed E-state index contributed by atoms with van der Waals surface area (Å²) in [6.45, 7) is 9.56. The van der Waals surface area contributed by atoms with E-state index in [1.54, 1.807) is 26.8 Å². The van der Waals surface area contributed by atoms with Crippen LogP contribution in [0, 0.1) is 5.82 Å². The second kappa shape index (κ2) is 5.65. The Labute approximate surface area is 139 Å². The van der Waals surface area contributed by atoms with Crippen molar-refractivity contribution in [2.24, 2.45) is 0 Å². The molecular formula is C17H22FN3O3. The van der Waals surface area contributed by atoms with Crippen LogP contribution in [0.3, 0.4) is 0 Å². The number of halogens is 1. The molecule has 1 N–H and O–H groups in total. The number of aromatic nitrogens is 2. The molecule has 3 rings (SSSR count). The summed E-state index contributed by atoms with van der Waals surface area (Å²) in [5, 5.41) is 2.79. The number of amides is 1. The molecule has 130 valence electrons. The lowest BCUT2D eigenvalue weighted by atomic mass is 10.2. The number of hydrogen-bond donors (Lipinski definition) is 1. The molecule has 0 fully saturated rings. The van der Waals surface area contributed by atoms with E-state index in [0.29, 0.717) is 23.5 Å². The van der Waals surface area contributed by atoms with Gasteiger partial charge in [-0.25, -0.2) is 14.2 Å². The molecule has 2 atom stereocenters. The molecule has 0 saturated heterocycles. The Morgan fingerprint density at radius 3 is 2.88 bits per heavy atom. The van der Waals surface area contributed by atoms with Gasteiger partial charge < -0.3 is 19.4 Å². The Morgan fingerprint density at radius 2 is 2.21 bits per heavy atom. The third-order valence-corrected chi connectivity index (χ3v) is 3.82. The average molecular weight is 335 g/mol. The first-order valence-electron chi connectivity index (χ1n) is 8.00. The van der Waals surface area contributed by atoms with Crippen molar-refractivity contribution in [3.8, 4) is 5.75 Å².